The standard InChI is InChI=1S/C22H23BrFN5O5S/c1-25-35(32,33)34-18-8-17(19(24)21(18)31)28-22-16(9-26-12-27-22)20(30)14-5-6-29(11-14)10-13-3-2-4-15(23)7-13/h2-7,9,11-12,17-19,21,25,31H,8,10H2,1H3,(H,26,27,28)/t17-,18-,19-,21-/m1/s1. The van der Waals surface area contributed by atoms with Gasteiger partial charge in [0, 0.05) is 48.6 Å². The minimum absolute atomic E-state index is 0.0710. The van der Waals surface area contributed by atoms with Gasteiger partial charge in [-0.3, -0.25) is 8.98 Å². The Hall–Kier alpha value is -2.71. The Morgan fingerprint density at radius 3 is 2.91 bits per heavy atom. The molecule has 1 aliphatic rings. The van der Waals surface area contributed by atoms with E-state index in [2.05, 4.69) is 31.2 Å². The van der Waals surface area contributed by atoms with Crippen molar-refractivity contribution in [3.8, 4) is 0 Å². The maximum atomic E-state index is 14.7. The molecule has 2 aromatic heterocycles. The fraction of sp³-hybridized carbons (Fsp3) is 0.318. The number of nitrogens with zero attached hydrogens (tertiary/aromatic N) is 3. The molecule has 1 aromatic carbocycles. The molecule has 0 unspecified atom stereocenters. The average molecular weight is 568 g/mol. The van der Waals surface area contributed by atoms with E-state index in [0.29, 0.717) is 12.1 Å². The number of hydrogen-bond donors (Lipinski definition) is 3. The number of carbonyl (C=O) groups is 1. The number of carbonyl (C=O) groups excluding carboxylic acids is 1. The third-order valence-electron chi connectivity index (χ3n) is 5.62. The van der Waals surface area contributed by atoms with Gasteiger partial charge in [-0.05, 0) is 23.8 Å². The highest BCUT2D eigenvalue weighted by Crippen LogP contribution is 2.30. The Morgan fingerprint density at radius 1 is 1.37 bits per heavy atom. The molecule has 0 bridgehead atoms. The number of anilines is 1. The number of ketones is 1. The molecular weight excluding hydrogens is 545 g/mol. The molecule has 35 heavy (non-hydrogen) atoms. The number of halogens is 2. The van der Waals surface area contributed by atoms with Crippen LogP contribution in [0.5, 0.6) is 0 Å². The number of benzene rings is 1. The smallest absolute Gasteiger partial charge is 0.335 e. The van der Waals surface area contributed by atoms with Crippen molar-refractivity contribution < 1.29 is 26.9 Å². The Labute approximate surface area is 209 Å². The quantitative estimate of drug-likeness (QED) is 0.334. The van der Waals surface area contributed by atoms with Crippen molar-refractivity contribution in [2.75, 3.05) is 12.4 Å². The minimum atomic E-state index is -4.13. The van der Waals surface area contributed by atoms with Crippen molar-refractivity contribution >= 4 is 37.8 Å². The molecular formula is C22H23BrFN5O5S. The van der Waals surface area contributed by atoms with Crippen molar-refractivity contribution in [3.05, 3.63) is 76.4 Å². The van der Waals surface area contributed by atoms with Gasteiger partial charge in [-0.1, -0.05) is 28.1 Å². The number of hydrogen-bond acceptors (Lipinski definition) is 8. The Kier molecular flexibility index (Phi) is 7.62. The second kappa shape index (κ2) is 10.5. The van der Waals surface area contributed by atoms with E-state index in [4.69, 9.17) is 4.18 Å². The number of alkyl halides is 1. The van der Waals surface area contributed by atoms with Gasteiger partial charge in [-0.15, -0.1) is 0 Å². The summed E-state index contributed by atoms with van der Waals surface area (Å²) < 4.78 is 47.7. The maximum Gasteiger partial charge on any atom is 0.335 e. The number of rotatable bonds is 9. The van der Waals surface area contributed by atoms with Gasteiger partial charge in [0.25, 0.3) is 0 Å². The van der Waals surface area contributed by atoms with Crippen LogP contribution >= 0.6 is 15.9 Å². The molecule has 0 amide bonds. The zero-order valence-electron chi connectivity index (χ0n) is 18.5. The van der Waals surface area contributed by atoms with Crippen LogP contribution in [0.3, 0.4) is 0 Å². The molecule has 1 aliphatic carbocycles. The van der Waals surface area contributed by atoms with Crippen LogP contribution in [0, 0.1) is 0 Å². The van der Waals surface area contributed by atoms with Crippen LogP contribution in [-0.2, 0) is 21.0 Å². The van der Waals surface area contributed by atoms with E-state index in [0.717, 1.165) is 17.1 Å². The summed E-state index contributed by atoms with van der Waals surface area (Å²) in [7, 11) is -2.98. The SMILES string of the molecule is CNS(=O)(=O)O[C@@H]1C[C@@H](Nc2ncncc2C(=O)c2ccn(Cc3cccc(Br)c3)c2)[C@@H](F)[C@@H]1O. The summed E-state index contributed by atoms with van der Waals surface area (Å²) in [5.74, 6) is -0.303. The highest BCUT2D eigenvalue weighted by atomic mass is 79.9. The van der Waals surface area contributed by atoms with Gasteiger partial charge < -0.3 is 15.0 Å². The van der Waals surface area contributed by atoms with Crippen molar-refractivity contribution in [1.82, 2.24) is 19.3 Å². The van der Waals surface area contributed by atoms with E-state index in [9.17, 15) is 22.7 Å². The van der Waals surface area contributed by atoms with Crippen LogP contribution in [0.4, 0.5) is 10.2 Å². The highest BCUT2D eigenvalue weighted by molar-refractivity contribution is 9.10. The molecule has 0 spiro atoms. The lowest BCUT2D eigenvalue weighted by molar-refractivity contribution is 0.0248. The summed E-state index contributed by atoms with van der Waals surface area (Å²) >= 11 is 3.44. The third kappa shape index (κ3) is 5.93. The van der Waals surface area contributed by atoms with Crippen molar-refractivity contribution in [2.24, 2.45) is 0 Å². The molecule has 4 atom stereocenters. The molecule has 10 nitrogen and oxygen atoms in total. The predicted octanol–water partition coefficient (Wildman–Crippen LogP) is 2.05. The maximum absolute atomic E-state index is 14.7. The first-order chi connectivity index (χ1) is 16.7. The molecule has 3 N–H and O–H groups in total. The van der Waals surface area contributed by atoms with Gasteiger partial charge in [-0.25, -0.2) is 14.4 Å². The molecule has 2 heterocycles. The van der Waals surface area contributed by atoms with Crippen LogP contribution in [0.1, 0.15) is 27.9 Å². The Bertz CT molecular complexity index is 1320. The van der Waals surface area contributed by atoms with E-state index in [-0.39, 0.29) is 23.6 Å². The summed E-state index contributed by atoms with van der Waals surface area (Å²) in [6.45, 7) is 0.559. The van der Waals surface area contributed by atoms with E-state index in [1.54, 1.807) is 18.5 Å². The summed E-state index contributed by atoms with van der Waals surface area (Å²) in [5.41, 5.74) is 1.55. The van der Waals surface area contributed by atoms with Gasteiger partial charge in [0.15, 0.2) is 5.78 Å². The lowest BCUT2D eigenvalue weighted by Crippen LogP contribution is -2.35. The molecule has 1 fully saturated rings. The summed E-state index contributed by atoms with van der Waals surface area (Å²) in [6, 6.07) is 8.44. The van der Waals surface area contributed by atoms with Gasteiger partial charge in [0.1, 0.15) is 30.5 Å². The second-order valence-corrected chi connectivity index (χ2v) is 10.5. The largest absolute Gasteiger partial charge is 0.387 e. The average Bonchev–Trinajstić information content (AvgIpc) is 3.39. The first-order valence-corrected chi connectivity index (χ1v) is 12.8. The van der Waals surface area contributed by atoms with Gasteiger partial charge in [0.05, 0.1) is 11.6 Å². The van der Waals surface area contributed by atoms with Crippen molar-refractivity contribution in [3.63, 3.8) is 0 Å². The van der Waals surface area contributed by atoms with Crippen LogP contribution < -0.4 is 10.0 Å². The third-order valence-corrected chi connectivity index (χ3v) is 7.12. The molecule has 0 radical (unpaired) electrons. The molecule has 3 aromatic rings. The zero-order chi connectivity index (χ0) is 25.2. The minimum Gasteiger partial charge on any atom is -0.387 e. The number of aliphatic hydroxyl groups excluding tert-OH is 1. The number of nitrogens with one attached hydrogen (secondary N) is 2. The number of aromatic nitrogens is 3. The van der Waals surface area contributed by atoms with Crippen LogP contribution in [0.25, 0.3) is 0 Å². The fourth-order valence-electron chi connectivity index (χ4n) is 3.87. The van der Waals surface area contributed by atoms with Crippen LogP contribution in [-0.4, -0.2) is 65.3 Å². The van der Waals surface area contributed by atoms with Gasteiger partial charge in [0.2, 0.25) is 0 Å². The molecule has 4 rings (SSSR count). The van der Waals surface area contributed by atoms with Crippen LogP contribution in [0.2, 0.25) is 0 Å². The predicted molar refractivity (Wildman–Crippen MR) is 129 cm³/mol. The van der Waals surface area contributed by atoms with E-state index >= 15 is 0 Å². The lowest BCUT2D eigenvalue weighted by Gasteiger charge is -2.17. The second-order valence-electron chi connectivity index (χ2n) is 8.03. The molecule has 13 heteroatoms. The van der Waals surface area contributed by atoms with Gasteiger partial charge in [-0.2, -0.15) is 13.1 Å². The highest BCUT2D eigenvalue weighted by Gasteiger charge is 2.46. The molecule has 0 aliphatic heterocycles. The molecule has 1 saturated carbocycles. The molecule has 0 saturated heterocycles. The van der Waals surface area contributed by atoms with Crippen molar-refractivity contribution in [2.45, 2.75) is 37.4 Å². The summed E-state index contributed by atoms with van der Waals surface area (Å²) in [4.78, 5) is 21.2. The van der Waals surface area contributed by atoms with Crippen LogP contribution in [0.15, 0.2) is 59.7 Å². The normalized spacial score (nSPS) is 22.3. The Morgan fingerprint density at radius 2 is 2.17 bits per heavy atom. The number of aliphatic hydroxyl groups is 1. The monoisotopic (exact) mass is 567 g/mol. The van der Waals surface area contributed by atoms with Crippen molar-refractivity contribution in [1.29, 1.82) is 0 Å². The fourth-order valence-corrected chi connectivity index (χ4v) is 4.93. The zero-order valence-corrected chi connectivity index (χ0v) is 20.9. The topological polar surface area (TPSA) is 135 Å². The lowest BCUT2D eigenvalue weighted by atomic mass is 10.1. The van der Waals surface area contributed by atoms with E-state index in [1.165, 1.54) is 12.5 Å². The first kappa shape index (κ1) is 25.4. The summed E-state index contributed by atoms with van der Waals surface area (Å²) in [5, 5.41) is 12.9. The summed E-state index contributed by atoms with van der Waals surface area (Å²) in [6.07, 6.45) is 1.01. The van der Waals surface area contributed by atoms with Gasteiger partial charge >= 0.3 is 10.3 Å². The van der Waals surface area contributed by atoms with E-state index in [1.807, 2.05) is 33.6 Å². The van der Waals surface area contributed by atoms with E-state index < -0.39 is 34.7 Å². The Balaban J connectivity index is 1.50. The molecule has 186 valence electrons. The first-order valence-electron chi connectivity index (χ1n) is 10.6.